The summed E-state index contributed by atoms with van der Waals surface area (Å²) in [5.41, 5.74) is -1.09. The maximum atomic E-state index is 13.0. The molecule has 1 unspecified atom stereocenters. The van der Waals surface area contributed by atoms with Crippen molar-refractivity contribution in [1.29, 1.82) is 0 Å². The zero-order chi connectivity index (χ0) is 15.3. The summed E-state index contributed by atoms with van der Waals surface area (Å²) in [5, 5.41) is 11.9. The normalized spacial score (nSPS) is 12.7. The molecule has 0 aromatic heterocycles. The number of aliphatic hydroxyl groups is 1. The van der Waals surface area contributed by atoms with Crippen LogP contribution in [0.4, 0.5) is 13.2 Å². The summed E-state index contributed by atoms with van der Waals surface area (Å²) < 4.78 is 48.4. The van der Waals surface area contributed by atoms with Crippen LogP contribution in [0, 0.1) is 0 Å². The number of hydrogen-bond acceptors (Lipinski definition) is 4. The lowest BCUT2D eigenvalue weighted by Gasteiger charge is -2.19. The predicted octanol–water partition coefficient (Wildman–Crippen LogP) is 1.50. The molecule has 0 bridgehead atoms. The minimum absolute atomic E-state index is 0.0377. The van der Waals surface area contributed by atoms with Crippen LogP contribution in [-0.4, -0.2) is 32.3 Å². The molecule has 2 N–H and O–H groups in total. The molecule has 0 radical (unpaired) electrons. The van der Waals surface area contributed by atoms with E-state index in [1.165, 1.54) is 13.2 Å². The highest BCUT2D eigenvalue weighted by Gasteiger charge is 2.37. The first-order valence-electron chi connectivity index (χ1n) is 5.53. The van der Waals surface area contributed by atoms with Gasteiger partial charge in [0.15, 0.2) is 11.5 Å². The SMILES string of the molecule is COc1cc(C(O)CNC=O)cc(C(F)(F)F)c1OC. The number of ether oxygens (including phenoxy) is 2. The molecule has 5 nitrogen and oxygen atoms in total. The minimum Gasteiger partial charge on any atom is -0.493 e. The molecule has 1 aromatic rings. The van der Waals surface area contributed by atoms with Crippen molar-refractivity contribution < 1.29 is 32.5 Å². The summed E-state index contributed by atoms with van der Waals surface area (Å²) in [6.07, 6.45) is -5.61. The van der Waals surface area contributed by atoms with E-state index >= 15 is 0 Å². The molecule has 20 heavy (non-hydrogen) atoms. The number of carbonyl (C=O) groups is 1. The number of benzene rings is 1. The Labute approximate surface area is 113 Å². The van der Waals surface area contributed by atoms with Gasteiger partial charge in [0.05, 0.1) is 20.3 Å². The molecule has 0 fully saturated rings. The van der Waals surface area contributed by atoms with Crippen molar-refractivity contribution in [2.24, 2.45) is 0 Å². The van der Waals surface area contributed by atoms with Gasteiger partial charge < -0.3 is 19.9 Å². The summed E-state index contributed by atoms with van der Waals surface area (Å²) in [6, 6.07) is 1.99. The molecular formula is C12H14F3NO4. The molecule has 1 aromatic carbocycles. The topological polar surface area (TPSA) is 67.8 Å². The third-order valence-electron chi connectivity index (χ3n) is 2.59. The van der Waals surface area contributed by atoms with Crippen LogP contribution in [0.2, 0.25) is 0 Å². The number of amides is 1. The van der Waals surface area contributed by atoms with Gasteiger partial charge in [-0.25, -0.2) is 0 Å². The third kappa shape index (κ3) is 3.53. The molecule has 0 heterocycles. The van der Waals surface area contributed by atoms with Crippen molar-refractivity contribution in [2.75, 3.05) is 20.8 Å². The van der Waals surface area contributed by atoms with Gasteiger partial charge in [0.25, 0.3) is 0 Å². The van der Waals surface area contributed by atoms with E-state index in [4.69, 9.17) is 9.47 Å². The number of methoxy groups -OCH3 is 2. The predicted molar refractivity (Wildman–Crippen MR) is 63.6 cm³/mol. The van der Waals surface area contributed by atoms with E-state index in [1.54, 1.807) is 0 Å². The van der Waals surface area contributed by atoms with Gasteiger partial charge in [0.1, 0.15) is 5.56 Å². The summed E-state index contributed by atoms with van der Waals surface area (Å²) >= 11 is 0. The Morgan fingerprint density at radius 3 is 2.45 bits per heavy atom. The van der Waals surface area contributed by atoms with Crippen molar-refractivity contribution >= 4 is 6.41 Å². The fraction of sp³-hybridized carbons (Fsp3) is 0.417. The van der Waals surface area contributed by atoms with Gasteiger partial charge in [0.2, 0.25) is 6.41 Å². The van der Waals surface area contributed by atoms with E-state index in [0.29, 0.717) is 6.41 Å². The molecule has 112 valence electrons. The van der Waals surface area contributed by atoms with E-state index in [0.717, 1.165) is 13.2 Å². The lowest BCUT2D eigenvalue weighted by molar-refractivity contribution is -0.139. The first kappa shape index (κ1) is 16.1. The van der Waals surface area contributed by atoms with Crippen LogP contribution in [-0.2, 0) is 11.0 Å². The van der Waals surface area contributed by atoms with Crippen LogP contribution in [0.15, 0.2) is 12.1 Å². The van der Waals surface area contributed by atoms with Crippen LogP contribution in [0.3, 0.4) is 0 Å². The fourth-order valence-corrected chi connectivity index (χ4v) is 1.67. The Morgan fingerprint density at radius 2 is 2.00 bits per heavy atom. The monoisotopic (exact) mass is 293 g/mol. The largest absolute Gasteiger partial charge is 0.493 e. The second-order valence-corrected chi connectivity index (χ2v) is 3.84. The lowest BCUT2D eigenvalue weighted by atomic mass is 10.0. The molecule has 0 saturated carbocycles. The molecular weight excluding hydrogens is 279 g/mol. The zero-order valence-electron chi connectivity index (χ0n) is 10.8. The van der Waals surface area contributed by atoms with Gasteiger partial charge in [-0.05, 0) is 17.7 Å². The molecule has 1 rings (SSSR count). The summed E-state index contributed by atoms with van der Waals surface area (Å²) in [7, 11) is 2.29. The van der Waals surface area contributed by atoms with Crippen molar-refractivity contribution in [1.82, 2.24) is 5.32 Å². The second kappa shape index (κ2) is 6.47. The van der Waals surface area contributed by atoms with E-state index in [-0.39, 0.29) is 17.9 Å². The highest BCUT2D eigenvalue weighted by atomic mass is 19.4. The van der Waals surface area contributed by atoms with E-state index in [1.807, 2.05) is 0 Å². The fourth-order valence-electron chi connectivity index (χ4n) is 1.67. The molecule has 8 heteroatoms. The van der Waals surface area contributed by atoms with Gasteiger partial charge >= 0.3 is 6.18 Å². The molecule has 0 aliphatic rings. The Morgan fingerprint density at radius 1 is 1.35 bits per heavy atom. The number of alkyl halides is 3. The average Bonchev–Trinajstić information content (AvgIpc) is 2.41. The average molecular weight is 293 g/mol. The zero-order valence-corrected chi connectivity index (χ0v) is 10.8. The highest BCUT2D eigenvalue weighted by Crippen LogP contribution is 2.43. The smallest absolute Gasteiger partial charge is 0.420 e. The molecule has 0 aliphatic heterocycles. The highest BCUT2D eigenvalue weighted by molar-refractivity contribution is 5.52. The van der Waals surface area contributed by atoms with Gasteiger partial charge in [-0.3, -0.25) is 4.79 Å². The Hall–Kier alpha value is -1.96. The molecule has 0 spiro atoms. The first-order chi connectivity index (χ1) is 9.35. The Kier molecular flexibility index (Phi) is 5.20. The summed E-state index contributed by atoms with van der Waals surface area (Å²) in [6.45, 7) is -0.212. The van der Waals surface area contributed by atoms with Crippen LogP contribution < -0.4 is 14.8 Å². The van der Waals surface area contributed by atoms with E-state index in [2.05, 4.69) is 5.32 Å². The van der Waals surface area contributed by atoms with Gasteiger partial charge in [-0.2, -0.15) is 13.2 Å². The lowest BCUT2D eigenvalue weighted by Crippen LogP contribution is -2.20. The quantitative estimate of drug-likeness (QED) is 0.780. The van der Waals surface area contributed by atoms with E-state index < -0.39 is 23.6 Å². The number of aliphatic hydroxyl groups excluding tert-OH is 1. The van der Waals surface area contributed by atoms with Gasteiger partial charge in [0, 0.05) is 6.54 Å². The van der Waals surface area contributed by atoms with Crippen LogP contribution in [0.1, 0.15) is 17.2 Å². The Bertz CT molecular complexity index is 477. The van der Waals surface area contributed by atoms with Crippen LogP contribution in [0.5, 0.6) is 11.5 Å². The second-order valence-electron chi connectivity index (χ2n) is 3.84. The summed E-state index contributed by atoms with van der Waals surface area (Å²) in [5.74, 6) is -0.609. The van der Waals surface area contributed by atoms with Gasteiger partial charge in [-0.15, -0.1) is 0 Å². The number of hydrogen-bond donors (Lipinski definition) is 2. The standard InChI is InChI=1S/C12H14F3NO4/c1-19-10-4-7(9(18)5-16-6-17)3-8(11(10)20-2)12(13,14)15/h3-4,6,9,18H,5H2,1-2H3,(H,16,17). The molecule has 0 aliphatic carbocycles. The summed E-state index contributed by atoms with van der Waals surface area (Å²) in [4.78, 5) is 10.1. The van der Waals surface area contributed by atoms with E-state index in [9.17, 15) is 23.1 Å². The van der Waals surface area contributed by atoms with Crippen molar-refractivity contribution in [3.8, 4) is 11.5 Å². The molecule has 1 amide bonds. The Balaban J connectivity index is 3.31. The molecule has 1 atom stereocenters. The number of halogens is 3. The number of nitrogens with one attached hydrogen (secondary N) is 1. The van der Waals surface area contributed by atoms with Gasteiger partial charge in [-0.1, -0.05) is 0 Å². The maximum absolute atomic E-state index is 13.0. The minimum atomic E-state index is -4.66. The van der Waals surface area contributed by atoms with Crippen molar-refractivity contribution in [3.05, 3.63) is 23.3 Å². The van der Waals surface area contributed by atoms with Crippen LogP contribution >= 0.6 is 0 Å². The number of carbonyl (C=O) groups excluding carboxylic acids is 1. The van der Waals surface area contributed by atoms with Crippen molar-refractivity contribution in [3.63, 3.8) is 0 Å². The third-order valence-corrected chi connectivity index (χ3v) is 2.59. The maximum Gasteiger partial charge on any atom is 0.420 e. The first-order valence-corrected chi connectivity index (χ1v) is 5.53. The van der Waals surface area contributed by atoms with Crippen LogP contribution in [0.25, 0.3) is 0 Å². The van der Waals surface area contributed by atoms with Crippen molar-refractivity contribution in [2.45, 2.75) is 12.3 Å². The number of rotatable bonds is 6. The molecule has 0 saturated heterocycles.